The number of carbonyl (C=O) groups excluding carboxylic acids is 1. The van der Waals surface area contributed by atoms with E-state index in [-0.39, 0.29) is 16.4 Å². The topological polar surface area (TPSA) is 76.5 Å². The van der Waals surface area contributed by atoms with Gasteiger partial charge in [-0.1, -0.05) is 30.3 Å². The molecule has 0 aliphatic heterocycles. The van der Waals surface area contributed by atoms with Gasteiger partial charge >= 0.3 is 5.97 Å². The van der Waals surface area contributed by atoms with Crippen LogP contribution >= 0.6 is 11.3 Å². The minimum atomic E-state index is -1.21. The summed E-state index contributed by atoms with van der Waals surface area (Å²) in [6.45, 7) is 1.33. The largest absolute Gasteiger partial charge is 0.476 e. The van der Waals surface area contributed by atoms with Gasteiger partial charge in [-0.15, -0.1) is 11.3 Å². The van der Waals surface area contributed by atoms with E-state index in [1.165, 1.54) is 14.0 Å². The maximum atomic E-state index is 11.5. The summed E-state index contributed by atoms with van der Waals surface area (Å²) in [5, 5.41) is 9.56. The lowest BCUT2D eigenvalue weighted by atomic mass is 10.1. The lowest BCUT2D eigenvalue weighted by Crippen LogP contribution is -2.06. The third-order valence-corrected chi connectivity index (χ3v) is 3.93. The second-order valence-electron chi connectivity index (χ2n) is 4.12. The fourth-order valence-corrected chi connectivity index (χ4v) is 2.90. The molecule has 2 rings (SSSR count). The highest BCUT2D eigenvalue weighted by Gasteiger charge is 2.25. The number of aromatic carboxylic acids is 1. The summed E-state index contributed by atoms with van der Waals surface area (Å²) in [6, 6.07) is 9.33. The molecule has 5 nitrogen and oxygen atoms in total. The van der Waals surface area contributed by atoms with Crippen LogP contribution < -0.4 is 0 Å². The molecular weight excluding hydrogens is 278 g/mol. The van der Waals surface area contributed by atoms with Gasteiger partial charge in [0.1, 0.15) is 16.0 Å². The first kappa shape index (κ1) is 14.4. The SMILES string of the molecule is COC(c1ccccc1)c1nc(C(=O)O)c(C(C)=O)s1. The molecule has 0 saturated heterocycles. The second kappa shape index (κ2) is 5.94. The number of benzene rings is 1. The third kappa shape index (κ3) is 2.76. The van der Waals surface area contributed by atoms with Crippen molar-refractivity contribution in [3.05, 3.63) is 51.5 Å². The molecule has 1 heterocycles. The second-order valence-corrected chi connectivity index (χ2v) is 5.15. The number of rotatable bonds is 5. The molecule has 1 unspecified atom stereocenters. The van der Waals surface area contributed by atoms with E-state index >= 15 is 0 Å². The smallest absolute Gasteiger partial charge is 0.356 e. The van der Waals surface area contributed by atoms with Crippen molar-refractivity contribution in [1.82, 2.24) is 4.98 Å². The number of ether oxygens (including phenoxy) is 1. The van der Waals surface area contributed by atoms with Crippen molar-refractivity contribution in [3.8, 4) is 0 Å². The number of hydrogen-bond donors (Lipinski definition) is 1. The van der Waals surface area contributed by atoms with Gasteiger partial charge in [0.25, 0.3) is 0 Å². The summed E-state index contributed by atoms with van der Waals surface area (Å²) in [6.07, 6.45) is -0.479. The van der Waals surface area contributed by atoms with E-state index < -0.39 is 12.1 Å². The zero-order valence-corrected chi connectivity index (χ0v) is 11.8. The summed E-state index contributed by atoms with van der Waals surface area (Å²) in [4.78, 5) is 26.8. The van der Waals surface area contributed by atoms with Crippen molar-refractivity contribution in [2.75, 3.05) is 7.11 Å². The van der Waals surface area contributed by atoms with E-state index in [2.05, 4.69) is 4.98 Å². The molecule has 1 aromatic heterocycles. The van der Waals surface area contributed by atoms with Crippen molar-refractivity contribution >= 4 is 23.1 Å². The maximum absolute atomic E-state index is 11.5. The van der Waals surface area contributed by atoms with Crippen LogP contribution in [0.2, 0.25) is 0 Å². The van der Waals surface area contributed by atoms with Crippen LogP contribution in [0.15, 0.2) is 30.3 Å². The Bertz CT molecular complexity index is 604. The molecule has 104 valence electrons. The Morgan fingerprint density at radius 1 is 1.30 bits per heavy atom. The van der Waals surface area contributed by atoms with Crippen LogP contribution in [0.4, 0.5) is 0 Å². The van der Waals surface area contributed by atoms with Crippen LogP contribution in [0.3, 0.4) is 0 Å². The summed E-state index contributed by atoms with van der Waals surface area (Å²) in [7, 11) is 1.52. The number of carboxylic acids is 1. The Hall–Kier alpha value is -2.05. The summed E-state index contributed by atoms with van der Waals surface area (Å²) >= 11 is 1.06. The highest BCUT2D eigenvalue weighted by atomic mass is 32.1. The van der Waals surface area contributed by atoms with Gasteiger partial charge in [-0.3, -0.25) is 4.79 Å². The predicted molar refractivity (Wildman–Crippen MR) is 74.4 cm³/mol. The van der Waals surface area contributed by atoms with Crippen LogP contribution in [0.5, 0.6) is 0 Å². The van der Waals surface area contributed by atoms with Gasteiger partial charge in [0.05, 0.1) is 0 Å². The first-order chi connectivity index (χ1) is 9.54. The highest BCUT2D eigenvalue weighted by molar-refractivity contribution is 7.14. The van der Waals surface area contributed by atoms with Crippen molar-refractivity contribution in [2.24, 2.45) is 0 Å². The number of methoxy groups -OCH3 is 1. The van der Waals surface area contributed by atoms with Gasteiger partial charge < -0.3 is 9.84 Å². The van der Waals surface area contributed by atoms with Gasteiger partial charge in [0.15, 0.2) is 11.5 Å². The zero-order chi connectivity index (χ0) is 14.7. The average molecular weight is 291 g/mol. The van der Waals surface area contributed by atoms with Crippen molar-refractivity contribution in [1.29, 1.82) is 0 Å². The Morgan fingerprint density at radius 2 is 1.95 bits per heavy atom. The number of carbonyl (C=O) groups is 2. The van der Waals surface area contributed by atoms with Crippen molar-refractivity contribution in [2.45, 2.75) is 13.0 Å². The molecule has 0 radical (unpaired) electrons. The van der Waals surface area contributed by atoms with E-state index in [0.717, 1.165) is 16.9 Å². The van der Waals surface area contributed by atoms with Crippen LogP contribution in [-0.4, -0.2) is 29.0 Å². The summed E-state index contributed by atoms with van der Waals surface area (Å²) in [5.74, 6) is -1.52. The summed E-state index contributed by atoms with van der Waals surface area (Å²) in [5.41, 5.74) is 0.645. The van der Waals surface area contributed by atoms with E-state index in [9.17, 15) is 9.59 Å². The molecular formula is C14H13NO4S. The quantitative estimate of drug-likeness (QED) is 0.857. The fourth-order valence-electron chi connectivity index (χ4n) is 1.84. The molecule has 0 aliphatic rings. The van der Waals surface area contributed by atoms with Gasteiger partial charge in [-0.2, -0.15) is 0 Å². The first-order valence-corrected chi connectivity index (χ1v) is 6.69. The minimum absolute atomic E-state index is 0.144. The van der Waals surface area contributed by atoms with Gasteiger partial charge in [-0.05, 0) is 5.56 Å². The molecule has 0 bridgehead atoms. The molecule has 0 saturated carbocycles. The number of ketones is 1. The Morgan fingerprint density at radius 3 is 2.40 bits per heavy atom. The number of hydrogen-bond acceptors (Lipinski definition) is 5. The molecule has 20 heavy (non-hydrogen) atoms. The number of thiazole rings is 1. The molecule has 1 N–H and O–H groups in total. The normalized spacial score (nSPS) is 12.1. The maximum Gasteiger partial charge on any atom is 0.356 e. The standard InChI is InChI=1S/C14H13NO4S/c1-8(16)12-10(14(17)18)15-13(20-12)11(19-2)9-6-4-3-5-7-9/h3-7,11H,1-2H3,(H,17,18). The van der Waals surface area contributed by atoms with E-state index in [0.29, 0.717) is 5.01 Å². The number of aromatic nitrogens is 1. The first-order valence-electron chi connectivity index (χ1n) is 5.87. The van der Waals surface area contributed by atoms with Crippen LogP contribution in [-0.2, 0) is 4.74 Å². The van der Waals surface area contributed by atoms with Gasteiger partial charge in [0.2, 0.25) is 0 Å². The third-order valence-electron chi connectivity index (χ3n) is 2.73. The Labute approximate surface area is 119 Å². The zero-order valence-electron chi connectivity index (χ0n) is 11.0. The molecule has 0 spiro atoms. The molecule has 1 atom stereocenters. The molecule has 2 aromatic rings. The number of carboxylic acid groups (broad SMARTS) is 1. The molecule has 6 heteroatoms. The Kier molecular flexibility index (Phi) is 4.26. The number of nitrogens with zero attached hydrogens (tertiary/aromatic N) is 1. The van der Waals surface area contributed by atoms with Crippen LogP contribution in [0, 0.1) is 0 Å². The molecule has 1 aromatic carbocycles. The number of Topliss-reactive ketones (excluding diaryl/α,β-unsaturated/α-hetero) is 1. The van der Waals surface area contributed by atoms with Crippen molar-refractivity contribution in [3.63, 3.8) is 0 Å². The Balaban J connectivity index is 2.49. The molecule has 0 amide bonds. The predicted octanol–water partition coefficient (Wildman–Crippen LogP) is 2.78. The lowest BCUT2D eigenvalue weighted by molar-refractivity contribution is 0.0686. The molecule has 0 aliphatic carbocycles. The van der Waals surface area contributed by atoms with E-state index in [1.807, 2.05) is 30.3 Å². The average Bonchev–Trinajstić information content (AvgIpc) is 2.86. The van der Waals surface area contributed by atoms with E-state index in [1.54, 1.807) is 0 Å². The summed E-state index contributed by atoms with van der Waals surface area (Å²) < 4.78 is 5.39. The van der Waals surface area contributed by atoms with Crippen LogP contribution in [0.1, 0.15) is 43.8 Å². The minimum Gasteiger partial charge on any atom is -0.476 e. The fraction of sp³-hybridized carbons (Fsp3) is 0.214. The van der Waals surface area contributed by atoms with E-state index in [4.69, 9.17) is 9.84 Å². The molecule has 0 fully saturated rings. The van der Waals surface area contributed by atoms with Gasteiger partial charge in [-0.25, -0.2) is 9.78 Å². The monoisotopic (exact) mass is 291 g/mol. The highest BCUT2D eigenvalue weighted by Crippen LogP contribution is 2.31. The van der Waals surface area contributed by atoms with Crippen molar-refractivity contribution < 1.29 is 19.4 Å². The van der Waals surface area contributed by atoms with Gasteiger partial charge in [0, 0.05) is 14.0 Å². The van der Waals surface area contributed by atoms with Crippen LogP contribution in [0.25, 0.3) is 0 Å². The lowest BCUT2D eigenvalue weighted by Gasteiger charge is -2.12.